The zero-order valence-electron chi connectivity index (χ0n) is 21.0. The van der Waals surface area contributed by atoms with Crippen LogP contribution in [-0.4, -0.2) is 16.6 Å². The SMILES string of the molecule is C[C@H](CC(F)(F)C(C)(C)C)[C@H]1CC[C@H]2[C@@H]3CC=C4C[C@@](C)(O)CC[C@]4(C)[C@H]3CC[C@]12C. The van der Waals surface area contributed by atoms with Gasteiger partial charge >= 0.3 is 0 Å². The lowest BCUT2D eigenvalue weighted by Gasteiger charge is -2.59. The summed E-state index contributed by atoms with van der Waals surface area (Å²) < 4.78 is 29.8. The third-order valence-corrected chi connectivity index (χ3v) is 10.8. The van der Waals surface area contributed by atoms with E-state index in [1.807, 2.05) is 6.92 Å². The molecular weight excluding hydrogens is 390 g/mol. The summed E-state index contributed by atoms with van der Waals surface area (Å²) in [6, 6.07) is 0. The van der Waals surface area contributed by atoms with Gasteiger partial charge in [-0.15, -0.1) is 0 Å². The first-order valence-electron chi connectivity index (χ1n) is 12.9. The van der Waals surface area contributed by atoms with Crippen molar-refractivity contribution in [1.29, 1.82) is 0 Å². The molecule has 4 rings (SSSR count). The maximum atomic E-state index is 14.9. The van der Waals surface area contributed by atoms with Crippen LogP contribution in [0.5, 0.6) is 0 Å². The number of rotatable bonds is 3. The Balaban J connectivity index is 1.55. The second-order valence-corrected chi connectivity index (χ2v) is 13.8. The minimum atomic E-state index is -2.62. The van der Waals surface area contributed by atoms with Crippen LogP contribution in [0.2, 0.25) is 0 Å². The Morgan fingerprint density at radius 3 is 2.35 bits per heavy atom. The highest BCUT2D eigenvalue weighted by molar-refractivity contribution is 5.26. The van der Waals surface area contributed by atoms with Crippen molar-refractivity contribution in [2.24, 2.45) is 45.8 Å². The monoisotopic (exact) mass is 436 g/mol. The van der Waals surface area contributed by atoms with Crippen LogP contribution in [0.15, 0.2) is 11.6 Å². The number of fused-ring (bicyclic) bond motifs is 5. The van der Waals surface area contributed by atoms with Gasteiger partial charge in [-0.25, -0.2) is 8.78 Å². The molecule has 4 aliphatic rings. The van der Waals surface area contributed by atoms with E-state index in [1.54, 1.807) is 20.8 Å². The van der Waals surface area contributed by atoms with Gasteiger partial charge in [-0.3, -0.25) is 0 Å². The summed E-state index contributed by atoms with van der Waals surface area (Å²) in [5.41, 5.74) is 0.416. The first kappa shape index (κ1) is 23.7. The van der Waals surface area contributed by atoms with E-state index in [4.69, 9.17) is 0 Å². The fourth-order valence-electron chi connectivity index (χ4n) is 8.63. The summed E-state index contributed by atoms with van der Waals surface area (Å²) in [5.74, 6) is -0.0815. The van der Waals surface area contributed by atoms with Gasteiger partial charge in [0.2, 0.25) is 0 Å². The van der Waals surface area contributed by atoms with Crippen LogP contribution in [0, 0.1) is 45.8 Å². The predicted molar refractivity (Wildman–Crippen MR) is 124 cm³/mol. The van der Waals surface area contributed by atoms with E-state index in [2.05, 4.69) is 26.8 Å². The minimum absolute atomic E-state index is 0.0222. The van der Waals surface area contributed by atoms with E-state index in [-0.39, 0.29) is 23.2 Å². The number of halogens is 2. The van der Waals surface area contributed by atoms with Gasteiger partial charge in [-0.1, -0.05) is 53.2 Å². The van der Waals surface area contributed by atoms with E-state index in [9.17, 15) is 13.9 Å². The van der Waals surface area contributed by atoms with Crippen molar-refractivity contribution in [3.8, 4) is 0 Å². The molecule has 0 heterocycles. The van der Waals surface area contributed by atoms with Gasteiger partial charge in [-0.2, -0.15) is 0 Å². The average Bonchev–Trinajstić information content (AvgIpc) is 2.98. The van der Waals surface area contributed by atoms with E-state index in [0.717, 1.165) is 32.1 Å². The van der Waals surface area contributed by atoms with Crippen LogP contribution in [-0.2, 0) is 0 Å². The quantitative estimate of drug-likeness (QED) is 0.444. The average molecular weight is 437 g/mol. The lowest BCUT2D eigenvalue weighted by Crippen LogP contribution is -2.52. The highest BCUT2D eigenvalue weighted by Gasteiger charge is 2.60. The molecule has 0 aromatic rings. The fraction of sp³-hybridized carbons (Fsp3) is 0.929. The van der Waals surface area contributed by atoms with Crippen molar-refractivity contribution in [2.45, 2.75) is 118 Å². The molecule has 1 nitrogen and oxygen atoms in total. The summed E-state index contributed by atoms with van der Waals surface area (Å²) >= 11 is 0. The van der Waals surface area contributed by atoms with Crippen LogP contribution in [0.4, 0.5) is 8.78 Å². The van der Waals surface area contributed by atoms with Gasteiger partial charge in [0.15, 0.2) is 0 Å². The van der Waals surface area contributed by atoms with Crippen molar-refractivity contribution in [3.63, 3.8) is 0 Å². The molecule has 1 N–H and O–H groups in total. The molecule has 178 valence electrons. The van der Waals surface area contributed by atoms with Gasteiger partial charge in [-0.05, 0) is 98.7 Å². The molecule has 0 radical (unpaired) electrons. The van der Waals surface area contributed by atoms with Gasteiger partial charge in [0.05, 0.1) is 5.60 Å². The number of alkyl halides is 2. The Kier molecular flexibility index (Phi) is 5.57. The number of allylic oxidation sites excluding steroid dienone is 1. The van der Waals surface area contributed by atoms with Crippen molar-refractivity contribution in [1.82, 2.24) is 0 Å². The zero-order chi connectivity index (χ0) is 23.0. The fourth-order valence-corrected chi connectivity index (χ4v) is 8.63. The summed E-state index contributed by atoms with van der Waals surface area (Å²) in [6.07, 6.45) is 11.2. The second kappa shape index (κ2) is 7.28. The molecule has 0 aromatic carbocycles. The van der Waals surface area contributed by atoms with E-state index < -0.39 is 16.9 Å². The molecule has 3 heteroatoms. The van der Waals surface area contributed by atoms with Gasteiger partial charge in [0.25, 0.3) is 5.92 Å². The highest BCUT2D eigenvalue weighted by Crippen LogP contribution is 2.68. The zero-order valence-corrected chi connectivity index (χ0v) is 21.0. The highest BCUT2D eigenvalue weighted by atomic mass is 19.3. The largest absolute Gasteiger partial charge is 0.390 e. The van der Waals surface area contributed by atoms with Gasteiger partial charge < -0.3 is 5.11 Å². The Morgan fingerprint density at radius 1 is 1.03 bits per heavy atom. The molecule has 3 fully saturated rings. The number of hydrogen-bond donors (Lipinski definition) is 1. The predicted octanol–water partition coefficient (Wildman–Crippen LogP) is 8.02. The second-order valence-electron chi connectivity index (χ2n) is 13.8. The minimum Gasteiger partial charge on any atom is -0.390 e. The Morgan fingerprint density at radius 2 is 1.71 bits per heavy atom. The summed E-state index contributed by atoms with van der Waals surface area (Å²) in [5, 5.41) is 10.7. The smallest absolute Gasteiger partial charge is 0.253 e. The number of hydrogen-bond acceptors (Lipinski definition) is 1. The first-order valence-corrected chi connectivity index (χ1v) is 12.9. The third-order valence-electron chi connectivity index (χ3n) is 10.8. The molecule has 31 heavy (non-hydrogen) atoms. The van der Waals surface area contributed by atoms with Crippen LogP contribution in [0.1, 0.15) is 106 Å². The van der Waals surface area contributed by atoms with Crippen LogP contribution in [0.3, 0.4) is 0 Å². The molecule has 0 spiro atoms. The molecule has 3 saturated carbocycles. The Hall–Kier alpha value is -0.440. The maximum absolute atomic E-state index is 14.9. The van der Waals surface area contributed by atoms with Crippen LogP contribution in [0.25, 0.3) is 0 Å². The van der Waals surface area contributed by atoms with E-state index in [0.29, 0.717) is 23.7 Å². The first-order chi connectivity index (χ1) is 14.1. The van der Waals surface area contributed by atoms with Crippen molar-refractivity contribution >= 4 is 0 Å². The molecule has 0 saturated heterocycles. The molecular formula is C28H46F2O. The van der Waals surface area contributed by atoms with E-state index >= 15 is 0 Å². The molecule has 0 aliphatic heterocycles. The van der Waals surface area contributed by atoms with Crippen LogP contribution >= 0.6 is 0 Å². The molecule has 0 unspecified atom stereocenters. The van der Waals surface area contributed by atoms with Gasteiger partial charge in [0, 0.05) is 11.8 Å². The van der Waals surface area contributed by atoms with Crippen LogP contribution < -0.4 is 0 Å². The maximum Gasteiger partial charge on any atom is 0.253 e. The lowest BCUT2D eigenvalue weighted by molar-refractivity contribution is -0.125. The summed E-state index contributed by atoms with van der Waals surface area (Å²) in [4.78, 5) is 0. The molecule has 0 bridgehead atoms. The molecule has 8 atom stereocenters. The third kappa shape index (κ3) is 3.73. The number of aliphatic hydroxyl groups is 1. The Labute approximate surface area is 189 Å². The summed E-state index contributed by atoms with van der Waals surface area (Å²) in [6.45, 7) is 14.0. The van der Waals surface area contributed by atoms with Gasteiger partial charge in [0.1, 0.15) is 0 Å². The topological polar surface area (TPSA) is 20.2 Å². The van der Waals surface area contributed by atoms with Crippen molar-refractivity contribution in [2.75, 3.05) is 0 Å². The molecule has 4 aliphatic carbocycles. The lowest BCUT2D eigenvalue weighted by atomic mass is 9.46. The van der Waals surface area contributed by atoms with Crippen molar-refractivity contribution in [3.05, 3.63) is 11.6 Å². The standard InChI is InChI=1S/C28H46F2O/c1-18(16-28(29,30)24(2,3)4)21-10-11-22-20-9-8-19-17-25(5,31)14-15-26(19,6)23(20)12-13-27(21,22)7/h8,18,20-23,31H,9-17H2,1-7H3/t18-,20+,21-,22+,23+,25+,26+,27-/m1/s1. The normalized spacial score (nSPS) is 46.6. The molecule has 0 aromatic heterocycles. The summed E-state index contributed by atoms with van der Waals surface area (Å²) in [7, 11) is 0. The van der Waals surface area contributed by atoms with E-state index in [1.165, 1.54) is 24.8 Å². The Bertz CT molecular complexity index is 732. The van der Waals surface area contributed by atoms with Crippen molar-refractivity contribution < 1.29 is 13.9 Å². The molecule has 0 amide bonds.